The van der Waals surface area contributed by atoms with Crippen LogP contribution in [-0.2, 0) is 4.74 Å². The number of benzene rings is 1. The minimum absolute atomic E-state index is 0.232. The molecule has 0 saturated carbocycles. The first-order valence-corrected chi connectivity index (χ1v) is 9.83. The number of ether oxygens (including phenoxy) is 3. The number of anilines is 1. The Morgan fingerprint density at radius 1 is 1.17 bits per heavy atom. The van der Waals surface area contributed by atoms with Crippen molar-refractivity contribution in [2.45, 2.75) is 20.8 Å². The normalized spacial score (nSPS) is 10.7. The molecule has 1 N–H and O–H groups in total. The molecule has 7 nitrogen and oxygen atoms in total. The number of fused-ring (bicyclic) bond motifs is 1. The Balaban J connectivity index is 2.13. The smallest absolute Gasteiger partial charge is 0.350 e. The van der Waals surface area contributed by atoms with Gasteiger partial charge in [-0.25, -0.2) is 9.78 Å². The van der Waals surface area contributed by atoms with Crippen molar-refractivity contribution in [2.24, 2.45) is 0 Å². The minimum Gasteiger partial charge on any atom is -0.493 e. The van der Waals surface area contributed by atoms with E-state index in [2.05, 4.69) is 10.3 Å². The highest BCUT2D eigenvalue weighted by Crippen LogP contribution is 2.39. The number of amides is 1. The highest BCUT2D eigenvalue weighted by Gasteiger charge is 2.25. The first-order chi connectivity index (χ1) is 13.9. The van der Waals surface area contributed by atoms with Gasteiger partial charge in [0.1, 0.15) is 9.71 Å². The summed E-state index contributed by atoms with van der Waals surface area (Å²) >= 11 is 1.20. The van der Waals surface area contributed by atoms with Crippen LogP contribution >= 0.6 is 11.3 Å². The van der Waals surface area contributed by atoms with Crippen LogP contribution in [0.1, 0.15) is 38.2 Å². The number of esters is 1. The van der Waals surface area contributed by atoms with Crippen molar-refractivity contribution in [1.82, 2.24) is 4.98 Å². The van der Waals surface area contributed by atoms with Gasteiger partial charge >= 0.3 is 5.97 Å². The maximum Gasteiger partial charge on any atom is 0.350 e. The van der Waals surface area contributed by atoms with Crippen LogP contribution in [0.3, 0.4) is 0 Å². The number of aromatic nitrogens is 1. The molecule has 0 unspecified atom stereocenters. The third-order valence-electron chi connectivity index (χ3n) is 4.33. The van der Waals surface area contributed by atoms with Crippen LogP contribution in [0, 0.1) is 13.8 Å². The lowest BCUT2D eigenvalue weighted by Gasteiger charge is -2.13. The molecule has 0 aliphatic heterocycles. The van der Waals surface area contributed by atoms with E-state index in [0.717, 1.165) is 16.6 Å². The Morgan fingerprint density at radius 3 is 2.59 bits per heavy atom. The number of hydrogen-bond acceptors (Lipinski definition) is 7. The molecule has 1 aromatic carbocycles. The summed E-state index contributed by atoms with van der Waals surface area (Å²) in [6.45, 7) is 5.77. The second-order valence-corrected chi connectivity index (χ2v) is 7.28. The van der Waals surface area contributed by atoms with Gasteiger partial charge in [0.05, 0.1) is 32.1 Å². The van der Waals surface area contributed by atoms with Gasteiger partial charge in [0.2, 0.25) is 0 Å². The van der Waals surface area contributed by atoms with Gasteiger partial charge in [-0.1, -0.05) is 6.07 Å². The maximum atomic E-state index is 13.1. The molecular weight excluding hydrogens is 392 g/mol. The van der Waals surface area contributed by atoms with Gasteiger partial charge in [0, 0.05) is 11.1 Å². The topological polar surface area (TPSA) is 86.8 Å². The van der Waals surface area contributed by atoms with Gasteiger partial charge < -0.3 is 19.5 Å². The largest absolute Gasteiger partial charge is 0.493 e. The predicted octanol–water partition coefficient (Wildman–Crippen LogP) is 4.36. The van der Waals surface area contributed by atoms with Crippen LogP contribution in [0.15, 0.2) is 24.3 Å². The zero-order chi connectivity index (χ0) is 21.1. The number of rotatable bonds is 6. The zero-order valence-electron chi connectivity index (χ0n) is 16.9. The first-order valence-electron chi connectivity index (χ1n) is 9.01. The van der Waals surface area contributed by atoms with Crippen molar-refractivity contribution in [3.05, 3.63) is 46.0 Å². The Labute approximate surface area is 172 Å². The molecule has 0 aliphatic carbocycles. The quantitative estimate of drug-likeness (QED) is 0.603. The number of methoxy groups -OCH3 is 2. The number of nitrogens with zero attached hydrogens (tertiary/aromatic N) is 1. The molecule has 0 radical (unpaired) electrons. The van der Waals surface area contributed by atoms with Crippen LogP contribution < -0.4 is 14.8 Å². The first kappa shape index (κ1) is 20.6. The highest BCUT2D eigenvalue weighted by molar-refractivity contribution is 7.21. The predicted molar refractivity (Wildman–Crippen MR) is 113 cm³/mol. The van der Waals surface area contributed by atoms with Gasteiger partial charge in [0.15, 0.2) is 11.5 Å². The Hall–Kier alpha value is -3.13. The molecule has 2 heterocycles. The van der Waals surface area contributed by atoms with E-state index in [9.17, 15) is 9.59 Å². The van der Waals surface area contributed by atoms with E-state index in [0.29, 0.717) is 32.5 Å². The van der Waals surface area contributed by atoms with Gasteiger partial charge in [-0.15, -0.1) is 11.3 Å². The molecule has 0 saturated heterocycles. The summed E-state index contributed by atoms with van der Waals surface area (Å²) in [5.74, 6) is -0.170. The van der Waals surface area contributed by atoms with Crippen molar-refractivity contribution >= 4 is 39.1 Å². The highest BCUT2D eigenvalue weighted by atomic mass is 32.1. The van der Waals surface area contributed by atoms with E-state index < -0.39 is 11.9 Å². The van der Waals surface area contributed by atoms with Crippen LogP contribution in [-0.4, -0.2) is 37.7 Å². The van der Waals surface area contributed by atoms with E-state index in [4.69, 9.17) is 14.2 Å². The van der Waals surface area contributed by atoms with Crippen molar-refractivity contribution in [2.75, 3.05) is 26.1 Å². The fourth-order valence-corrected chi connectivity index (χ4v) is 4.29. The standard InChI is InChI=1S/C21H22N2O5S/c1-6-28-21(25)18-16(15-11(2)10-12(3)22-20(15)29-18)23-19(24)13-8-7-9-14(26-4)17(13)27-5/h7-10H,6H2,1-5H3,(H,23,24). The van der Waals surface area contributed by atoms with E-state index in [1.165, 1.54) is 25.6 Å². The SMILES string of the molecule is CCOC(=O)c1sc2nc(C)cc(C)c2c1NC(=O)c1cccc(OC)c1OC. The van der Waals surface area contributed by atoms with Crippen molar-refractivity contribution < 1.29 is 23.8 Å². The minimum atomic E-state index is -0.500. The third kappa shape index (κ3) is 3.88. The summed E-state index contributed by atoms with van der Waals surface area (Å²) in [7, 11) is 2.97. The number of thiophene rings is 1. The molecule has 3 rings (SSSR count). The number of carbonyl (C=O) groups excluding carboxylic acids is 2. The molecule has 2 aromatic heterocycles. The molecule has 29 heavy (non-hydrogen) atoms. The lowest BCUT2D eigenvalue weighted by atomic mass is 10.1. The van der Waals surface area contributed by atoms with Crippen molar-refractivity contribution in [3.8, 4) is 11.5 Å². The second-order valence-electron chi connectivity index (χ2n) is 6.28. The van der Waals surface area contributed by atoms with Crippen LogP contribution in [0.25, 0.3) is 10.2 Å². The van der Waals surface area contributed by atoms with E-state index in [-0.39, 0.29) is 6.61 Å². The summed E-state index contributed by atoms with van der Waals surface area (Å²) in [4.78, 5) is 31.1. The summed E-state index contributed by atoms with van der Waals surface area (Å²) < 4.78 is 15.8. The number of nitrogens with one attached hydrogen (secondary N) is 1. The lowest BCUT2D eigenvalue weighted by Crippen LogP contribution is -2.16. The Morgan fingerprint density at radius 2 is 1.93 bits per heavy atom. The van der Waals surface area contributed by atoms with Gasteiger partial charge in [-0.2, -0.15) is 0 Å². The van der Waals surface area contributed by atoms with Gasteiger partial charge in [-0.05, 0) is 44.5 Å². The molecule has 0 aliphatic rings. The Bertz CT molecular complexity index is 1090. The monoisotopic (exact) mass is 414 g/mol. The molecule has 0 atom stereocenters. The maximum absolute atomic E-state index is 13.1. The summed E-state index contributed by atoms with van der Waals surface area (Å²) in [6.07, 6.45) is 0. The summed E-state index contributed by atoms with van der Waals surface area (Å²) in [5.41, 5.74) is 2.42. The van der Waals surface area contributed by atoms with Crippen molar-refractivity contribution in [3.63, 3.8) is 0 Å². The van der Waals surface area contributed by atoms with E-state index in [1.54, 1.807) is 25.1 Å². The van der Waals surface area contributed by atoms with E-state index >= 15 is 0 Å². The van der Waals surface area contributed by atoms with Gasteiger partial charge in [-0.3, -0.25) is 4.79 Å². The van der Waals surface area contributed by atoms with Gasteiger partial charge in [0.25, 0.3) is 5.91 Å². The molecule has 8 heteroatoms. The molecule has 3 aromatic rings. The average molecular weight is 414 g/mol. The second kappa shape index (κ2) is 8.48. The third-order valence-corrected chi connectivity index (χ3v) is 5.40. The lowest BCUT2D eigenvalue weighted by molar-refractivity contribution is 0.0533. The summed E-state index contributed by atoms with van der Waals surface area (Å²) in [6, 6.07) is 6.94. The number of pyridine rings is 1. The van der Waals surface area contributed by atoms with E-state index in [1.807, 2.05) is 19.9 Å². The molecule has 0 bridgehead atoms. The number of hydrogen-bond donors (Lipinski definition) is 1. The molecule has 152 valence electrons. The molecule has 1 amide bonds. The molecule has 0 fully saturated rings. The Kier molecular flexibility index (Phi) is 6.03. The fraction of sp³-hybridized carbons (Fsp3) is 0.286. The molecule has 0 spiro atoms. The number of para-hydroxylation sites is 1. The number of aryl methyl sites for hydroxylation is 2. The average Bonchev–Trinajstić information content (AvgIpc) is 3.05. The van der Waals surface area contributed by atoms with Crippen LogP contribution in [0.4, 0.5) is 5.69 Å². The molecular formula is C21H22N2O5S. The zero-order valence-corrected chi connectivity index (χ0v) is 17.7. The van der Waals surface area contributed by atoms with Crippen LogP contribution in [0.2, 0.25) is 0 Å². The fourth-order valence-electron chi connectivity index (χ4n) is 3.15. The van der Waals surface area contributed by atoms with Crippen molar-refractivity contribution in [1.29, 1.82) is 0 Å². The van der Waals surface area contributed by atoms with Crippen LogP contribution in [0.5, 0.6) is 11.5 Å². The number of carbonyl (C=O) groups is 2. The summed E-state index contributed by atoms with van der Waals surface area (Å²) in [5, 5.41) is 3.59.